The van der Waals surface area contributed by atoms with Crippen LogP contribution in [0.4, 0.5) is 5.69 Å². The SMILES string of the molecule is CCN(CCO)C[C@H]1CC[C@@H]2[C@H](O1)c1cc(C(C)(C)C)ccc1N[C@H]2c1ccccc1. The maximum absolute atomic E-state index is 9.39. The molecule has 0 bridgehead atoms. The zero-order valence-electron chi connectivity index (χ0n) is 19.5. The molecular weight excluding hydrogens is 384 g/mol. The molecule has 4 rings (SSSR count). The van der Waals surface area contributed by atoms with Gasteiger partial charge in [-0.2, -0.15) is 0 Å². The van der Waals surface area contributed by atoms with Gasteiger partial charge in [0.05, 0.1) is 24.9 Å². The van der Waals surface area contributed by atoms with Gasteiger partial charge in [-0.25, -0.2) is 0 Å². The summed E-state index contributed by atoms with van der Waals surface area (Å²) >= 11 is 0. The highest BCUT2D eigenvalue weighted by Gasteiger charge is 2.42. The van der Waals surface area contributed by atoms with Crippen molar-refractivity contribution >= 4 is 5.69 Å². The molecular formula is C27H38N2O2. The van der Waals surface area contributed by atoms with Gasteiger partial charge in [-0.1, -0.05) is 70.2 Å². The average Bonchev–Trinajstić information content (AvgIpc) is 2.77. The minimum absolute atomic E-state index is 0.0929. The summed E-state index contributed by atoms with van der Waals surface area (Å²) in [6, 6.07) is 17.9. The summed E-state index contributed by atoms with van der Waals surface area (Å²) in [5.74, 6) is 0.411. The number of ether oxygens (including phenoxy) is 1. The zero-order chi connectivity index (χ0) is 22.0. The van der Waals surface area contributed by atoms with E-state index < -0.39 is 0 Å². The molecule has 2 aromatic rings. The van der Waals surface area contributed by atoms with E-state index in [2.05, 4.69) is 86.4 Å². The van der Waals surface area contributed by atoms with E-state index in [1.165, 1.54) is 22.4 Å². The molecule has 0 unspecified atom stereocenters. The Morgan fingerprint density at radius 3 is 2.55 bits per heavy atom. The van der Waals surface area contributed by atoms with Gasteiger partial charge in [0.15, 0.2) is 0 Å². The first-order valence-electron chi connectivity index (χ1n) is 11.8. The van der Waals surface area contributed by atoms with Crippen molar-refractivity contribution in [3.8, 4) is 0 Å². The van der Waals surface area contributed by atoms with Gasteiger partial charge in [-0.05, 0) is 42.0 Å². The van der Waals surface area contributed by atoms with E-state index >= 15 is 0 Å². The molecule has 1 fully saturated rings. The van der Waals surface area contributed by atoms with Gasteiger partial charge in [-0.3, -0.25) is 4.90 Å². The van der Waals surface area contributed by atoms with Crippen LogP contribution >= 0.6 is 0 Å². The maximum atomic E-state index is 9.39. The minimum atomic E-state index is 0.0929. The fourth-order valence-corrected chi connectivity index (χ4v) is 5.16. The third-order valence-electron chi connectivity index (χ3n) is 7.00. The molecule has 4 nitrogen and oxygen atoms in total. The number of rotatable bonds is 6. The lowest BCUT2D eigenvalue weighted by molar-refractivity contribution is -0.103. The van der Waals surface area contributed by atoms with Crippen LogP contribution < -0.4 is 5.32 Å². The first-order valence-corrected chi connectivity index (χ1v) is 11.8. The predicted molar refractivity (Wildman–Crippen MR) is 127 cm³/mol. The Bertz CT molecular complexity index is 861. The van der Waals surface area contributed by atoms with Crippen LogP contribution in [0.1, 0.15) is 69.4 Å². The number of nitrogens with zero attached hydrogens (tertiary/aromatic N) is 1. The third-order valence-corrected chi connectivity index (χ3v) is 7.00. The standard InChI is InChI=1S/C27H38N2O2/c1-5-29(15-16-30)18-21-12-13-22-25(19-9-7-6-8-10-19)28-24-14-11-20(27(2,3)4)17-23(24)26(22)31-21/h6-11,14,17,21-22,25-26,28,30H,5,12-13,15-16,18H2,1-4H3/t21-,22+,25+,26+/m1/s1. The Kier molecular flexibility index (Phi) is 6.71. The maximum Gasteiger partial charge on any atom is 0.0900 e. The van der Waals surface area contributed by atoms with E-state index in [-0.39, 0.29) is 30.3 Å². The van der Waals surface area contributed by atoms with Crippen LogP contribution in [0, 0.1) is 5.92 Å². The van der Waals surface area contributed by atoms with E-state index in [1.54, 1.807) is 0 Å². The highest BCUT2D eigenvalue weighted by atomic mass is 16.5. The largest absolute Gasteiger partial charge is 0.395 e. The Morgan fingerprint density at radius 2 is 1.87 bits per heavy atom. The third kappa shape index (κ3) is 4.82. The average molecular weight is 423 g/mol. The van der Waals surface area contributed by atoms with Gasteiger partial charge in [0.2, 0.25) is 0 Å². The first-order chi connectivity index (χ1) is 14.9. The van der Waals surface area contributed by atoms with Crippen LogP contribution in [-0.2, 0) is 10.2 Å². The Balaban J connectivity index is 1.67. The molecule has 2 aliphatic rings. The lowest BCUT2D eigenvalue weighted by atomic mass is 9.75. The van der Waals surface area contributed by atoms with Crippen molar-refractivity contribution in [2.24, 2.45) is 5.92 Å². The normalized spacial score (nSPS) is 25.6. The predicted octanol–water partition coefficient (Wildman–Crippen LogP) is 5.30. The van der Waals surface area contributed by atoms with Crippen molar-refractivity contribution in [1.29, 1.82) is 0 Å². The van der Waals surface area contributed by atoms with Gasteiger partial charge < -0.3 is 15.2 Å². The summed E-state index contributed by atoms with van der Waals surface area (Å²) in [5.41, 5.74) is 5.30. The second-order valence-electron chi connectivity index (χ2n) is 10.1. The number of aliphatic hydroxyl groups is 1. The van der Waals surface area contributed by atoms with Gasteiger partial charge in [0, 0.05) is 30.3 Å². The summed E-state index contributed by atoms with van der Waals surface area (Å²) < 4.78 is 6.85. The zero-order valence-corrected chi connectivity index (χ0v) is 19.5. The molecule has 2 aliphatic heterocycles. The van der Waals surface area contributed by atoms with Gasteiger partial charge in [-0.15, -0.1) is 0 Å². The lowest BCUT2D eigenvalue weighted by Crippen LogP contribution is -2.43. The minimum Gasteiger partial charge on any atom is -0.395 e. The van der Waals surface area contributed by atoms with Crippen LogP contribution in [0.2, 0.25) is 0 Å². The van der Waals surface area contributed by atoms with Crippen molar-refractivity contribution in [2.75, 3.05) is 31.6 Å². The molecule has 4 atom stereocenters. The Hall–Kier alpha value is -1.88. The molecule has 0 amide bonds. The summed E-state index contributed by atoms with van der Waals surface area (Å²) in [6.45, 7) is 11.7. The van der Waals surface area contributed by atoms with E-state index in [0.29, 0.717) is 12.5 Å². The summed E-state index contributed by atoms with van der Waals surface area (Å²) in [4.78, 5) is 2.30. The molecule has 2 heterocycles. The van der Waals surface area contributed by atoms with Crippen LogP contribution in [0.15, 0.2) is 48.5 Å². The van der Waals surface area contributed by atoms with Crippen molar-refractivity contribution in [3.05, 3.63) is 65.2 Å². The molecule has 31 heavy (non-hydrogen) atoms. The number of hydrogen-bond acceptors (Lipinski definition) is 4. The number of nitrogens with one attached hydrogen (secondary N) is 1. The van der Waals surface area contributed by atoms with Crippen molar-refractivity contribution in [1.82, 2.24) is 4.90 Å². The van der Waals surface area contributed by atoms with E-state index in [1.807, 2.05) is 0 Å². The Labute approximate surface area is 187 Å². The van der Waals surface area contributed by atoms with E-state index in [9.17, 15) is 5.11 Å². The van der Waals surface area contributed by atoms with Crippen molar-refractivity contribution < 1.29 is 9.84 Å². The fourth-order valence-electron chi connectivity index (χ4n) is 5.16. The van der Waals surface area contributed by atoms with Crippen molar-refractivity contribution in [2.45, 2.75) is 64.2 Å². The molecule has 2 aromatic carbocycles. The molecule has 0 saturated carbocycles. The highest BCUT2D eigenvalue weighted by Crippen LogP contribution is 2.51. The Morgan fingerprint density at radius 1 is 1.10 bits per heavy atom. The van der Waals surface area contributed by atoms with Crippen LogP contribution in [0.5, 0.6) is 0 Å². The second kappa shape index (κ2) is 9.32. The van der Waals surface area contributed by atoms with E-state index in [4.69, 9.17) is 4.74 Å². The molecule has 4 heteroatoms. The summed E-state index contributed by atoms with van der Waals surface area (Å²) in [5, 5.41) is 13.2. The number of hydrogen-bond donors (Lipinski definition) is 2. The molecule has 0 aromatic heterocycles. The van der Waals surface area contributed by atoms with Crippen LogP contribution in [0.3, 0.4) is 0 Å². The smallest absolute Gasteiger partial charge is 0.0900 e. The quantitative estimate of drug-likeness (QED) is 0.663. The lowest BCUT2D eigenvalue weighted by Gasteiger charge is -2.46. The first kappa shape index (κ1) is 22.3. The number of fused-ring (bicyclic) bond motifs is 3. The highest BCUT2D eigenvalue weighted by molar-refractivity contribution is 5.59. The molecule has 0 aliphatic carbocycles. The fraction of sp³-hybridized carbons (Fsp3) is 0.556. The van der Waals surface area contributed by atoms with Gasteiger partial charge in [0.25, 0.3) is 0 Å². The molecule has 0 radical (unpaired) electrons. The topological polar surface area (TPSA) is 44.7 Å². The molecule has 168 valence electrons. The van der Waals surface area contributed by atoms with E-state index in [0.717, 1.165) is 25.9 Å². The number of aliphatic hydroxyl groups excluding tert-OH is 1. The van der Waals surface area contributed by atoms with Crippen LogP contribution in [0.25, 0.3) is 0 Å². The van der Waals surface area contributed by atoms with Crippen LogP contribution in [-0.4, -0.2) is 42.4 Å². The molecule has 1 saturated heterocycles. The summed E-state index contributed by atoms with van der Waals surface area (Å²) in [7, 11) is 0. The second-order valence-corrected chi connectivity index (χ2v) is 10.1. The number of anilines is 1. The number of likely N-dealkylation sites (N-methyl/N-ethyl adjacent to an activating group) is 1. The van der Waals surface area contributed by atoms with Crippen molar-refractivity contribution in [3.63, 3.8) is 0 Å². The molecule has 2 N–H and O–H groups in total. The van der Waals surface area contributed by atoms with Gasteiger partial charge in [0.1, 0.15) is 0 Å². The number of benzene rings is 2. The molecule has 0 spiro atoms. The summed E-state index contributed by atoms with van der Waals surface area (Å²) in [6.07, 6.45) is 2.49. The van der Waals surface area contributed by atoms with Gasteiger partial charge >= 0.3 is 0 Å². The monoisotopic (exact) mass is 422 g/mol.